The van der Waals surface area contributed by atoms with Crippen LogP contribution in [0.25, 0.3) is 10.1 Å². The van der Waals surface area contributed by atoms with Gasteiger partial charge in [0.1, 0.15) is 11.9 Å². The van der Waals surface area contributed by atoms with Crippen molar-refractivity contribution >= 4 is 38.8 Å². The highest BCUT2D eigenvalue weighted by atomic mass is 32.1. The van der Waals surface area contributed by atoms with E-state index in [1.807, 2.05) is 47.4 Å². The lowest BCUT2D eigenvalue weighted by Gasteiger charge is -2.34. The van der Waals surface area contributed by atoms with Gasteiger partial charge in [-0.05, 0) is 47.9 Å². The molecule has 0 saturated heterocycles. The van der Waals surface area contributed by atoms with Crippen molar-refractivity contribution in [3.05, 3.63) is 77.4 Å². The van der Waals surface area contributed by atoms with Crippen LogP contribution in [0, 0.1) is 0 Å². The Hall–Kier alpha value is -3.09. The molecule has 0 spiro atoms. The summed E-state index contributed by atoms with van der Waals surface area (Å²) in [5.41, 5.74) is 8.44. The number of thiophene rings is 1. The predicted molar refractivity (Wildman–Crippen MR) is 109 cm³/mol. The van der Waals surface area contributed by atoms with Crippen LogP contribution in [-0.4, -0.2) is 12.9 Å². The molecule has 0 bridgehead atoms. The number of furan rings is 1. The Bertz CT molecular complexity index is 1110. The number of anilines is 1. The minimum atomic E-state index is -0.384. The zero-order chi connectivity index (χ0) is 18.4. The number of hydrogen-bond donors (Lipinski definition) is 1. The molecule has 2 aromatic carbocycles. The topological polar surface area (TPSA) is 64.0 Å². The zero-order valence-corrected chi connectivity index (χ0v) is 15.4. The lowest BCUT2D eigenvalue weighted by atomic mass is 10.1. The molecule has 27 heavy (non-hydrogen) atoms. The van der Waals surface area contributed by atoms with Crippen LogP contribution in [0.2, 0.25) is 0 Å². The fourth-order valence-corrected chi connectivity index (χ4v) is 4.39. The molecule has 134 valence electrons. The average Bonchev–Trinajstić information content (AvgIpc) is 3.35. The number of nitrogens with zero attached hydrogens (tertiary/aromatic N) is 2. The van der Waals surface area contributed by atoms with Gasteiger partial charge in [0, 0.05) is 10.4 Å². The van der Waals surface area contributed by atoms with Crippen molar-refractivity contribution in [2.75, 3.05) is 12.0 Å². The third-order valence-electron chi connectivity index (χ3n) is 4.70. The molecule has 5 nitrogen and oxygen atoms in total. The Morgan fingerprint density at radius 3 is 2.70 bits per heavy atom. The maximum Gasteiger partial charge on any atom is 0.227 e. The average molecular weight is 375 g/mol. The normalized spacial score (nSPS) is 16.3. The number of rotatable bonds is 3. The predicted octanol–water partition coefficient (Wildman–Crippen LogP) is 5.06. The van der Waals surface area contributed by atoms with Crippen LogP contribution in [0.15, 0.2) is 76.3 Å². The first-order chi connectivity index (χ1) is 13.2. The van der Waals surface area contributed by atoms with Gasteiger partial charge in [-0.2, -0.15) is 4.99 Å². The first-order valence-electron chi connectivity index (χ1n) is 8.58. The summed E-state index contributed by atoms with van der Waals surface area (Å²) in [6.45, 7) is 0. The second kappa shape index (κ2) is 6.26. The third-order valence-corrected chi connectivity index (χ3v) is 5.82. The zero-order valence-electron chi connectivity index (χ0n) is 14.6. The Kier molecular flexibility index (Phi) is 3.74. The summed E-state index contributed by atoms with van der Waals surface area (Å²) >= 11 is 1.69. The van der Waals surface area contributed by atoms with Crippen LogP contribution in [0.3, 0.4) is 0 Å². The number of nitrogens with two attached hydrogens (primary N) is 1. The van der Waals surface area contributed by atoms with Crippen molar-refractivity contribution < 1.29 is 9.15 Å². The molecule has 2 aromatic heterocycles. The molecular formula is C21H17N3O2S. The molecule has 0 saturated carbocycles. The van der Waals surface area contributed by atoms with Crippen molar-refractivity contribution in [1.82, 2.24) is 0 Å². The molecule has 0 aliphatic carbocycles. The standard InChI is InChI=1S/C21H17N3O2S/c1-25-15-8-6-14(7-9-15)24-19(22)16-10-11-26-21(16)23-20(24)18-12-13-4-2-3-5-17(13)27-18/h2-12,19H,22H2,1H3. The van der Waals surface area contributed by atoms with Gasteiger partial charge in [-0.15, -0.1) is 11.3 Å². The van der Waals surface area contributed by atoms with Crippen LogP contribution in [0.1, 0.15) is 16.6 Å². The summed E-state index contributed by atoms with van der Waals surface area (Å²) in [7, 11) is 1.66. The number of amidine groups is 1. The summed E-state index contributed by atoms with van der Waals surface area (Å²) < 4.78 is 12.1. The molecule has 1 aliphatic heterocycles. The number of benzene rings is 2. The molecule has 4 aromatic rings. The molecule has 1 aliphatic rings. The van der Waals surface area contributed by atoms with E-state index in [1.54, 1.807) is 24.7 Å². The van der Waals surface area contributed by atoms with E-state index in [4.69, 9.17) is 19.9 Å². The van der Waals surface area contributed by atoms with Crippen LogP contribution in [-0.2, 0) is 0 Å². The lowest BCUT2D eigenvalue weighted by molar-refractivity contribution is 0.415. The summed E-state index contributed by atoms with van der Waals surface area (Å²) in [5.74, 6) is 2.16. The molecule has 2 N–H and O–H groups in total. The molecular weight excluding hydrogens is 358 g/mol. The van der Waals surface area contributed by atoms with Crippen LogP contribution >= 0.6 is 11.3 Å². The van der Waals surface area contributed by atoms with Crippen LogP contribution in [0.4, 0.5) is 11.6 Å². The Labute approximate surface area is 160 Å². The van der Waals surface area contributed by atoms with Crippen LogP contribution in [0.5, 0.6) is 5.75 Å². The van der Waals surface area contributed by atoms with E-state index in [0.717, 1.165) is 27.7 Å². The van der Waals surface area contributed by atoms with E-state index < -0.39 is 0 Å². The number of fused-ring (bicyclic) bond motifs is 2. The van der Waals surface area contributed by atoms with Crippen molar-refractivity contribution in [3.63, 3.8) is 0 Å². The van der Waals surface area contributed by atoms with Gasteiger partial charge in [0.25, 0.3) is 0 Å². The maximum absolute atomic E-state index is 6.62. The minimum absolute atomic E-state index is 0.384. The molecule has 3 heterocycles. The van der Waals surface area contributed by atoms with Gasteiger partial charge < -0.3 is 19.8 Å². The van der Waals surface area contributed by atoms with E-state index in [0.29, 0.717) is 5.88 Å². The molecule has 0 radical (unpaired) electrons. The molecule has 1 unspecified atom stereocenters. The van der Waals surface area contributed by atoms with E-state index in [2.05, 4.69) is 18.2 Å². The SMILES string of the molecule is COc1ccc(N2C(c3cc4ccccc4s3)=Nc3occc3C2N)cc1. The Morgan fingerprint density at radius 2 is 1.93 bits per heavy atom. The first-order valence-corrected chi connectivity index (χ1v) is 9.40. The fourth-order valence-electron chi connectivity index (χ4n) is 3.34. The molecule has 6 heteroatoms. The third kappa shape index (κ3) is 2.61. The van der Waals surface area contributed by atoms with Gasteiger partial charge in [-0.1, -0.05) is 18.2 Å². The van der Waals surface area contributed by atoms with Crippen molar-refractivity contribution in [3.8, 4) is 5.75 Å². The Morgan fingerprint density at radius 1 is 1.11 bits per heavy atom. The fraction of sp³-hybridized carbons (Fsp3) is 0.0952. The monoisotopic (exact) mass is 375 g/mol. The van der Waals surface area contributed by atoms with Gasteiger partial charge in [0.2, 0.25) is 5.88 Å². The van der Waals surface area contributed by atoms with E-state index in [-0.39, 0.29) is 6.17 Å². The molecule has 0 fully saturated rings. The van der Waals surface area contributed by atoms with Gasteiger partial charge >= 0.3 is 0 Å². The first kappa shape index (κ1) is 16.1. The van der Waals surface area contributed by atoms with E-state index in [1.165, 1.54) is 10.1 Å². The van der Waals surface area contributed by atoms with E-state index >= 15 is 0 Å². The highest BCUT2D eigenvalue weighted by Crippen LogP contribution is 2.39. The second-order valence-corrected chi connectivity index (χ2v) is 7.36. The summed E-state index contributed by atoms with van der Waals surface area (Å²) in [6, 6.07) is 20.2. The quantitative estimate of drug-likeness (QED) is 0.544. The largest absolute Gasteiger partial charge is 0.497 e. The smallest absolute Gasteiger partial charge is 0.227 e. The number of aliphatic imine (C=N–C) groups is 1. The number of methoxy groups -OCH3 is 1. The Balaban J connectivity index is 1.68. The van der Waals surface area contributed by atoms with Gasteiger partial charge in [0.05, 0.1) is 23.8 Å². The van der Waals surface area contributed by atoms with Gasteiger partial charge in [0.15, 0.2) is 5.84 Å². The molecule has 1 atom stereocenters. The summed E-state index contributed by atoms with van der Waals surface area (Å²) in [5, 5.41) is 1.19. The van der Waals surface area contributed by atoms with Crippen LogP contribution < -0.4 is 15.4 Å². The highest BCUT2D eigenvalue weighted by Gasteiger charge is 2.32. The maximum atomic E-state index is 6.62. The minimum Gasteiger partial charge on any atom is -0.497 e. The summed E-state index contributed by atoms with van der Waals surface area (Å²) in [6.07, 6.45) is 1.25. The van der Waals surface area contributed by atoms with Crippen molar-refractivity contribution in [2.45, 2.75) is 6.17 Å². The molecule has 5 rings (SSSR count). The van der Waals surface area contributed by atoms with Gasteiger partial charge in [-0.3, -0.25) is 0 Å². The second-order valence-electron chi connectivity index (χ2n) is 6.28. The molecule has 0 amide bonds. The highest BCUT2D eigenvalue weighted by molar-refractivity contribution is 7.21. The number of hydrogen-bond acceptors (Lipinski definition) is 6. The van der Waals surface area contributed by atoms with Crippen molar-refractivity contribution in [1.29, 1.82) is 0 Å². The lowest BCUT2D eigenvalue weighted by Crippen LogP contribution is -2.41. The van der Waals surface area contributed by atoms with E-state index in [9.17, 15) is 0 Å². The van der Waals surface area contributed by atoms with Gasteiger partial charge in [-0.25, -0.2) is 0 Å². The summed E-state index contributed by atoms with van der Waals surface area (Å²) in [4.78, 5) is 7.89. The van der Waals surface area contributed by atoms with Crippen molar-refractivity contribution in [2.24, 2.45) is 10.7 Å². The number of ether oxygens (including phenoxy) is 1.